The maximum atomic E-state index is 12.6. The van der Waals surface area contributed by atoms with Crippen molar-refractivity contribution >= 4 is 26.0 Å². The molecule has 1 aromatic rings. The first-order valence-corrected chi connectivity index (χ1v) is 8.40. The lowest BCUT2D eigenvalue weighted by atomic mass is 10.00. The SMILES string of the molecule is CNCC1CCCN(S(=O)(=O)c2c(Br)nnn2C)C1. The van der Waals surface area contributed by atoms with Gasteiger partial charge in [0.25, 0.3) is 10.0 Å². The molecule has 0 amide bonds. The molecular formula is C10H18BrN5O2S. The Morgan fingerprint density at radius 2 is 2.26 bits per heavy atom. The Morgan fingerprint density at radius 3 is 2.84 bits per heavy atom. The van der Waals surface area contributed by atoms with E-state index in [9.17, 15) is 8.42 Å². The molecule has 1 aliphatic heterocycles. The Bertz CT molecular complexity index is 523. The van der Waals surface area contributed by atoms with Crippen LogP contribution in [-0.2, 0) is 17.1 Å². The van der Waals surface area contributed by atoms with Crippen LogP contribution < -0.4 is 5.32 Å². The molecule has 0 bridgehead atoms. The van der Waals surface area contributed by atoms with Gasteiger partial charge in [-0.3, -0.25) is 0 Å². The molecule has 0 saturated carbocycles. The molecule has 1 fully saturated rings. The molecular weight excluding hydrogens is 334 g/mol. The fourth-order valence-corrected chi connectivity index (χ4v) is 5.01. The maximum absolute atomic E-state index is 12.6. The monoisotopic (exact) mass is 351 g/mol. The molecule has 19 heavy (non-hydrogen) atoms. The number of sulfonamides is 1. The van der Waals surface area contributed by atoms with E-state index in [-0.39, 0.29) is 9.63 Å². The van der Waals surface area contributed by atoms with E-state index in [2.05, 4.69) is 31.6 Å². The molecule has 1 saturated heterocycles. The van der Waals surface area contributed by atoms with Gasteiger partial charge in [0.05, 0.1) is 0 Å². The molecule has 1 N–H and O–H groups in total. The van der Waals surface area contributed by atoms with Gasteiger partial charge in [-0.25, -0.2) is 13.1 Å². The summed E-state index contributed by atoms with van der Waals surface area (Å²) in [4.78, 5) is 0. The second-order valence-electron chi connectivity index (χ2n) is 4.74. The highest BCUT2D eigenvalue weighted by molar-refractivity contribution is 9.10. The number of aryl methyl sites for hydroxylation is 1. The Balaban J connectivity index is 2.25. The van der Waals surface area contributed by atoms with Gasteiger partial charge in [-0.2, -0.15) is 4.31 Å². The van der Waals surface area contributed by atoms with Crippen molar-refractivity contribution < 1.29 is 8.42 Å². The number of hydrogen-bond donors (Lipinski definition) is 1. The smallest absolute Gasteiger partial charge is 0.263 e. The second kappa shape index (κ2) is 5.86. The fourth-order valence-electron chi connectivity index (χ4n) is 2.42. The normalized spacial score (nSPS) is 21.7. The topological polar surface area (TPSA) is 80.1 Å². The van der Waals surface area contributed by atoms with E-state index in [4.69, 9.17) is 0 Å². The van der Waals surface area contributed by atoms with Gasteiger partial charge in [0.15, 0.2) is 4.60 Å². The molecule has 1 unspecified atom stereocenters. The number of nitrogens with zero attached hydrogens (tertiary/aromatic N) is 4. The van der Waals surface area contributed by atoms with Crippen LogP contribution in [0.5, 0.6) is 0 Å². The summed E-state index contributed by atoms with van der Waals surface area (Å²) in [5, 5.41) is 10.7. The third-order valence-electron chi connectivity index (χ3n) is 3.30. The minimum absolute atomic E-state index is 0.123. The van der Waals surface area contributed by atoms with E-state index in [1.807, 2.05) is 7.05 Å². The van der Waals surface area contributed by atoms with Crippen LogP contribution in [-0.4, -0.2) is 54.4 Å². The van der Waals surface area contributed by atoms with Crippen molar-refractivity contribution in [3.8, 4) is 0 Å². The average Bonchev–Trinajstić information content (AvgIpc) is 2.70. The summed E-state index contributed by atoms with van der Waals surface area (Å²) in [6, 6.07) is 0. The van der Waals surface area contributed by atoms with Crippen LogP contribution in [0.3, 0.4) is 0 Å². The zero-order chi connectivity index (χ0) is 14.0. The van der Waals surface area contributed by atoms with Gasteiger partial charge in [-0.15, -0.1) is 5.10 Å². The number of rotatable bonds is 4. The number of piperidine rings is 1. The molecule has 1 aliphatic rings. The molecule has 1 atom stereocenters. The summed E-state index contributed by atoms with van der Waals surface area (Å²) in [5.41, 5.74) is 0. The summed E-state index contributed by atoms with van der Waals surface area (Å²) >= 11 is 3.15. The highest BCUT2D eigenvalue weighted by Crippen LogP contribution is 2.26. The van der Waals surface area contributed by atoms with E-state index in [1.165, 1.54) is 8.99 Å². The lowest BCUT2D eigenvalue weighted by molar-refractivity contribution is 0.262. The first kappa shape index (κ1) is 14.9. The molecule has 2 rings (SSSR count). The Hall–Kier alpha value is -0.510. The second-order valence-corrected chi connectivity index (χ2v) is 7.34. The number of aromatic nitrogens is 3. The van der Waals surface area contributed by atoms with Gasteiger partial charge in [0, 0.05) is 20.1 Å². The molecule has 0 radical (unpaired) electrons. The number of nitrogens with one attached hydrogen (secondary N) is 1. The third-order valence-corrected chi connectivity index (χ3v) is 6.05. The van der Waals surface area contributed by atoms with Gasteiger partial charge in [-0.1, -0.05) is 5.21 Å². The number of hydrogen-bond acceptors (Lipinski definition) is 5. The minimum atomic E-state index is -3.53. The molecule has 9 heteroatoms. The summed E-state index contributed by atoms with van der Waals surface area (Å²) in [7, 11) is -0.0676. The Labute approximate surface area is 121 Å². The highest BCUT2D eigenvalue weighted by atomic mass is 79.9. The van der Waals surface area contributed by atoms with Crippen LogP contribution in [0.15, 0.2) is 9.63 Å². The fraction of sp³-hybridized carbons (Fsp3) is 0.800. The molecule has 108 valence electrons. The first-order valence-electron chi connectivity index (χ1n) is 6.16. The van der Waals surface area contributed by atoms with Crippen LogP contribution in [0.4, 0.5) is 0 Å². The first-order chi connectivity index (χ1) is 8.96. The Kier molecular flexibility index (Phi) is 4.59. The van der Waals surface area contributed by atoms with Crippen LogP contribution in [0, 0.1) is 5.92 Å². The van der Waals surface area contributed by atoms with Crippen LogP contribution in [0.2, 0.25) is 0 Å². The van der Waals surface area contributed by atoms with Gasteiger partial charge >= 0.3 is 0 Å². The predicted octanol–water partition coefficient (Wildman–Crippen LogP) is 0.198. The molecule has 0 aliphatic carbocycles. The van der Waals surface area contributed by atoms with E-state index in [1.54, 1.807) is 7.05 Å². The molecule has 0 spiro atoms. The maximum Gasteiger partial charge on any atom is 0.263 e. The average molecular weight is 352 g/mol. The van der Waals surface area contributed by atoms with Crippen molar-refractivity contribution in [2.24, 2.45) is 13.0 Å². The lowest BCUT2D eigenvalue weighted by Crippen LogP contribution is -2.43. The van der Waals surface area contributed by atoms with E-state index in [0.29, 0.717) is 19.0 Å². The predicted molar refractivity (Wildman–Crippen MR) is 74.1 cm³/mol. The van der Waals surface area contributed by atoms with Crippen LogP contribution >= 0.6 is 15.9 Å². The van der Waals surface area contributed by atoms with Crippen molar-refractivity contribution in [2.45, 2.75) is 17.9 Å². The summed E-state index contributed by atoms with van der Waals surface area (Å²) < 4.78 is 28.3. The van der Waals surface area contributed by atoms with Crippen LogP contribution in [0.1, 0.15) is 12.8 Å². The summed E-state index contributed by atoms with van der Waals surface area (Å²) in [6.07, 6.45) is 1.94. The molecule has 2 heterocycles. The largest absolute Gasteiger partial charge is 0.319 e. The molecule has 7 nitrogen and oxygen atoms in total. The number of halogens is 1. The zero-order valence-corrected chi connectivity index (χ0v) is 13.4. The lowest BCUT2D eigenvalue weighted by Gasteiger charge is -2.31. The van der Waals surface area contributed by atoms with E-state index < -0.39 is 10.0 Å². The van der Waals surface area contributed by atoms with Gasteiger partial charge < -0.3 is 5.32 Å². The molecule has 1 aromatic heterocycles. The van der Waals surface area contributed by atoms with Crippen molar-refractivity contribution in [3.05, 3.63) is 4.60 Å². The van der Waals surface area contributed by atoms with E-state index in [0.717, 1.165) is 19.4 Å². The minimum Gasteiger partial charge on any atom is -0.319 e. The quantitative estimate of drug-likeness (QED) is 0.837. The molecule has 0 aromatic carbocycles. The van der Waals surface area contributed by atoms with Gasteiger partial charge in [-0.05, 0) is 48.3 Å². The van der Waals surface area contributed by atoms with Gasteiger partial charge in [0.2, 0.25) is 5.03 Å². The van der Waals surface area contributed by atoms with E-state index >= 15 is 0 Å². The van der Waals surface area contributed by atoms with Crippen molar-refractivity contribution in [1.82, 2.24) is 24.6 Å². The third kappa shape index (κ3) is 2.99. The van der Waals surface area contributed by atoms with Crippen molar-refractivity contribution in [2.75, 3.05) is 26.7 Å². The zero-order valence-electron chi connectivity index (χ0n) is 11.0. The summed E-state index contributed by atoms with van der Waals surface area (Å²) in [5.74, 6) is 0.355. The van der Waals surface area contributed by atoms with Crippen molar-refractivity contribution in [1.29, 1.82) is 0 Å². The Morgan fingerprint density at radius 1 is 1.53 bits per heavy atom. The summed E-state index contributed by atoms with van der Waals surface area (Å²) in [6.45, 7) is 1.93. The van der Waals surface area contributed by atoms with Crippen LogP contribution in [0.25, 0.3) is 0 Å². The standard InChI is InChI=1S/C10H18BrN5O2S/c1-12-6-8-4-3-5-16(7-8)19(17,18)10-9(11)13-14-15(10)2/h8,12H,3-7H2,1-2H3. The van der Waals surface area contributed by atoms with Crippen molar-refractivity contribution in [3.63, 3.8) is 0 Å². The highest BCUT2D eigenvalue weighted by Gasteiger charge is 2.34. The van der Waals surface area contributed by atoms with Gasteiger partial charge in [0.1, 0.15) is 0 Å².